The fourth-order valence-corrected chi connectivity index (χ4v) is 1.90. The van der Waals surface area contributed by atoms with E-state index in [1.807, 2.05) is 0 Å². The molecule has 0 radical (unpaired) electrons. The third kappa shape index (κ3) is 1.29. The molecule has 0 bridgehead atoms. The van der Waals surface area contributed by atoms with Gasteiger partial charge in [0.2, 0.25) is 0 Å². The van der Waals surface area contributed by atoms with Gasteiger partial charge in [0.25, 0.3) is 0 Å². The summed E-state index contributed by atoms with van der Waals surface area (Å²) in [6, 6.07) is 8.65. The van der Waals surface area contributed by atoms with Crippen LogP contribution in [-0.2, 0) is 5.41 Å². The molecule has 0 heterocycles. The van der Waals surface area contributed by atoms with Gasteiger partial charge in [0.15, 0.2) is 0 Å². The van der Waals surface area contributed by atoms with Crippen molar-refractivity contribution in [3.05, 3.63) is 34.3 Å². The first kappa shape index (κ1) is 8.27. The van der Waals surface area contributed by atoms with Crippen LogP contribution >= 0.6 is 15.9 Å². The van der Waals surface area contributed by atoms with Gasteiger partial charge in [-0.15, -0.1) is 0 Å². The predicted octanol–water partition coefficient (Wildman–Crippen LogP) is 1.72. The third-order valence-corrected chi connectivity index (χ3v) is 3.32. The number of quaternary nitrogens is 1. The summed E-state index contributed by atoms with van der Waals surface area (Å²) >= 11 is 3.44. The van der Waals surface area contributed by atoms with Gasteiger partial charge in [0.1, 0.15) is 0 Å². The SMILES string of the molecule is [NH3+]CC1(c2ccc(Br)cc2)CC1. The first-order valence-corrected chi connectivity index (χ1v) is 5.11. The Morgan fingerprint density at radius 1 is 1.25 bits per heavy atom. The Hall–Kier alpha value is -0.340. The van der Waals surface area contributed by atoms with E-state index < -0.39 is 0 Å². The molecule has 1 aromatic rings. The van der Waals surface area contributed by atoms with Crippen molar-refractivity contribution in [2.24, 2.45) is 0 Å². The van der Waals surface area contributed by atoms with Gasteiger partial charge in [-0.2, -0.15) is 0 Å². The lowest BCUT2D eigenvalue weighted by Crippen LogP contribution is -2.55. The molecule has 2 rings (SSSR count). The number of hydrogen-bond acceptors (Lipinski definition) is 0. The zero-order valence-electron chi connectivity index (χ0n) is 7.02. The lowest BCUT2D eigenvalue weighted by atomic mass is 9.96. The molecule has 0 saturated heterocycles. The van der Waals surface area contributed by atoms with Crippen molar-refractivity contribution < 1.29 is 5.73 Å². The van der Waals surface area contributed by atoms with Crippen LogP contribution in [0.15, 0.2) is 28.7 Å². The number of hydrogen-bond donors (Lipinski definition) is 1. The van der Waals surface area contributed by atoms with Crippen LogP contribution in [-0.4, -0.2) is 6.54 Å². The van der Waals surface area contributed by atoms with Crippen LogP contribution in [0.25, 0.3) is 0 Å². The van der Waals surface area contributed by atoms with Gasteiger partial charge in [0, 0.05) is 9.89 Å². The van der Waals surface area contributed by atoms with Gasteiger partial charge in [0.05, 0.1) is 6.54 Å². The van der Waals surface area contributed by atoms with Crippen LogP contribution in [0.3, 0.4) is 0 Å². The summed E-state index contributed by atoms with van der Waals surface area (Å²) in [5, 5.41) is 0. The van der Waals surface area contributed by atoms with Gasteiger partial charge >= 0.3 is 0 Å². The maximum Gasteiger partial charge on any atom is 0.0838 e. The molecule has 0 atom stereocenters. The van der Waals surface area contributed by atoms with E-state index in [0.717, 1.165) is 11.0 Å². The lowest BCUT2D eigenvalue weighted by molar-refractivity contribution is -0.375. The van der Waals surface area contributed by atoms with Gasteiger partial charge in [-0.3, -0.25) is 0 Å². The fourth-order valence-electron chi connectivity index (χ4n) is 1.64. The maximum absolute atomic E-state index is 4.01. The zero-order chi connectivity index (χ0) is 8.60. The Morgan fingerprint density at radius 2 is 1.83 bits per heavy atom. The van der Waals surface area contributed by atoms with Crippen molar-refractivity contribution in [1.82, 2.24) is 0 Å². The molecule has 12 heavy (non-hydrogen) atoms. The average molecular weight is 227 g/mol. The van der Waals surface area contributed by atoms with E-state index >= 15 is 0 Å². The molecule has 1 aliphatic carbocycles. The van der Waals surface area contributed by atoms with Crippen LogP contribution < -0.4 is 5.73 Å². The van der Waals surface area contributed by atoms with Gasteiger partial charge in [-0.05, 0) is 30.5 Å². The summed E-state index contributed by atoms with van der Waals surface area (Å²) in [5.74, 6) is 0. The standard InChI is InChI=1S/C10H12BrN/c11-9-3-1-8(2-4-9)10(7-12)5-6-10/h1-4H,5-7,12H2/p+1. The highest BCUT2D eigenvalue weighted by Gasteiger charge is 2.44. The Balaban J connectivity index is 2.29. The second kappa shape index (κ2) is 2.86. The molecule has 0 aliphatic heterocycles. The normalized spacial score (nSPS) is 19.2. The summed E-state index contributed by atoms with van der Waals surface area (Å²) in [5.41, 5.74) is 5.91. The van der Waals surface area contributed by atoms with Crippen LogP contribution in [0.1, 0.15) is 18.4 Å². The average Bonchev–Trinajstić information content (AvgIpc) is 2.86. The highest BCUT2D eigenvalue weighted by Crippen LogP contribution is 2.46. The van der Waals surface area contributed by atoms with E-state index in [1.165, 1.54) is 18.4 Å². The van der Waals surface area contributed by atoms with Crippen LogP contribution in [0.5, 0.6) is 0 Å². The van der Waals surface area contributed by atoms with Gasteiger partial charge in [-0.25, -0.2) is 0 Å². The van der Waals surface area contributed by atoms with E-state index in [9.17, 15) is 0 Å². The maximum atomic E-state index is 4.01. The lowest BCUT2D eigenvalue weighted by Gasteiger charge is -2.09. The van der Waals surface area contributed by atoms with Gasteiger partial charge in [-0.1, -0.05) is 28.1 Å². The Labute approximate surface area is 81.1 Å². The molecule has 1 nitrogen and oxygen atoms in total. The summed E-state index contributed by atoms with van der Waals surface area (Å²) in [7, 11) is 0. The molecular formula is C10H13BrN+. The molecule has 64 valence electrons. The van der Waals surface area contributed by atoms with E-state index in [1.54, 1.807) is 0 Å². The summed E-state index contributed by atoms with van der Waals surface area (Å²) in [4.78, 5) is 0. The second-order valence-electron chi connectivity index (χ2n) is 3.54. The minimum atomic E-state index is 0.445. The molecule has 1 aromatic carbocycles. The van der Waals surface area contributed by atoms with Crippen LogP contribution in [0, 0.1) is 0 Å². The molecule has 1 aliphatic rings. The Morgan fingerprint density at radius 3 is 2.25 bits per heavy atom. The molecule has 2 heteroatoms. The van der Waals surface area contributed by atoms with Gasteiger partial charge < -0.3 is 5.73 Å². The molecular weight excluding hydrogens is 214 g/mol. The van der Waals surface area contributed by atoms with Crippen molar-refractivity contribution in [2.45, 2.75) is 18.3 Å². The first-order chi connectivity index (χ1) is 5.77. The zero-order valence-corrected chi connectivity index (χ0v) is 8.60. The van der Waals surface area contributed by atoms with E-state index in [2.05, 4.69) is 45.9 Å². The molecule has 0 spiro atoms. The Bertz CT molecular complexity index is 274. The number of halogens is 1. The molecule has 1 fully saturated rings. The van der Waals surface area contributed by atoms with Crippen molar-refractivity contribution in [2.75, 3.05) is 6.54 Å². The summed E-state index contributed by atoms with van der Waals surface area (Å²) < 4.78 is 1.16. The quantitative estimate of drug-likeness (QED) is 0.796. The van der Waals surface area contributed by atoms with E-state index in [0.29, 0.717) is 5.41 Å². The molecule has 0 amide bonds. The highest BCUT2D eigenvalue weighted by molar-refractivity contribution is 9.10. The van der Waals surface area contributed by atoms with E-state index in [4.69, 9.17) is 0 Å². The number of benzene rings is 1. The smallest absolute Gasteiger partial charge is 0.0838 e. The molecule has 3 N–H and O–H groups in total. The highest BCUT2D eigenvalue weighted by atomic mass is 79.9. The van der Waals surface area contributed by atoms with Crippen molar-refractivity contribution in [3.8, 4) is 0 Å². The largest absolute Gasteiger partial charge is 0.357 e. The second-order valence-corrected chi connectivity index (χ2v) is 4.45. The minimum absolute atomic E-state index is 0.445. The van der Waals surface area contributed by atoms with Crippen LogP contribution in [0.4, 0.5) is 0 Å². The predicted molar refractivity (Wildman–Crippen MR) is 52.8 cm³/mol. The fraction of sp³-hybridized carbons (Fsp3) is 0.400. The van der Waals surface area contributed by atoms with Crippen LogP contribution in [0.2, 0.25) is 0 Å². The topological polar surface area (TPSA) is 27.6 Å². The number of rotatable bonds is 2. The van der Waals surface area contributed by atoms with Crippen molar-refractivity contribution in [3.63, 3.8) is 0 Å². The Kier molecular flexibility index (Phi) is 1.97. The molecule has 0 aromatic heterocycles. The third-order valence-electron chi connectivity index (χ3n) is 2.79. The monoisotopic (exact) mass is 226 g/mol. The molecule has 1 saturated carbocycles. The summed E-state index contributed by atoms with van der Waals surface area (Å²) in [6.45, 7) is 1.04. The molecule has 0 unspecified atom stereocenters. The summed E-state index contributed by atoms with van der Waals surface area (Å²) in [6.07, 6.45) is 2.64. The van der Waals surface area contributed by atoms with Crippen molar-refractivity contribution in [1.29, 1.82) is 0 Å². The first-order valence-electron chi connectivity index (χ1n) is 4.32. The van der Waals surface area contributed by atoms with Crippen molar-refractivity contribution >= 4 is 15.9 Å². The minimum Gasteiger partial charge on any atom is -0.357 e. The van der Waals surface area contributed by atoms with E-state index in [-0.39, 0.29) is 0 Å².